The third-order valence-electron chi connectivity index (χ3n) is 5.41. The average Bonchev–Trinajstić information content (AvgIpc) is 2.81. The van der Waals surface area contributed by atoms with E-state index in [1.165, 1.54) is 11.1 Å². The van der Waals surface area contributed by atoms with Gasteiger partial charge in [-0.2, -0.15) is 0 Å². The molecule has 1 N–H and O–H groups in total. The van der Waals surface area contributed by atoms with Gasteiger partial charge in [-0.05, 0) is 43.5 Å². The van der Waals surface area contributed by atoms with Gasteiger partial charge in [-0.3, -0.25) is 4.90 Å². The summed E-state index contributed by atoms with van der Waals surface area (Å²) in [5.74, 6) is 3.29. The molecule has 2 aliphatic rings. The van der Waals surface area contributed by atoms with Crippen molar-refractivity contribution in [1.82, 2.24) is 4.90 Å². The minimum atomic E-state index is 0.140. The van der Waals surface area contributed by atoms with Gasteiger partial charge in [0.15, 0.2) is 23.0 Å². The zero-order valence-corrected chi connectivity index (χ0v) is 16.4. The summed E-state index contributed by atoms with van der Waals surface area (Å²) in [6, 6.07) is 7.93. The van der Waals surface area contributed by atoms with Gasteiger partial charge in [-0.1, -0.05) is 19.9 Å². The van der Waals surface area contributed by atoms with Gasteiger partial charge in [-0.25, -0.2) is 0 Å². The largest absolute Gasteiger partial charge is 0.504 e. The number of fused-ring (bicyclic) bond motifs is 1. The molecule has 0 saturated carbocycles. The zero-order chi connectivity index (χ0) is 19.1. The van der Waals surface area contributed by atoms with Crippen LogP contribution in [0.5, 0.6) is 28.7 Å². The molecule has 5 heteroatoms. The van der Waals surface area contributed by atoms with Gasteiger partial charge in [0.25, 0.3) is 0 Å². The smallest absolute Gasteiger partial charge is 0.174 e. The van der Waals surface area contributed by atoms with Gasteiger partial charge >= 0.3 is 0 Å². The first-order chi connectivity index (χ1) is 13.0. The lowest BCUT2D eigenvalue weighted by atomic mass is 9.88. The van der Waals surface area contributed by atoms with Gasteiger partial charge in [0.2, 0.25) is 0 Å². The van der Waals surface area contributed by atoms with Crippen LogP contribution in [-0.2, 0) is 12.8 Å². The Morgan fingerprint density at radius 3 is 2.78 bits per heavy atom. The monoisotopic (exact) mass is 369 g/mol. The second kappa shape index (κ2) is 6.97. The van der Waals surface area contributed by atoms with Gasteiger partial charge in [0.1, 0.15) is 5.75 Å². The Balaban J connectivity index is 1.86. The summed E-state index contributed by atoms with van der Waals surface area (Å²) in [6.07, 6.45) is 1.77. The molecule has 27 heavy (non-hydrogen) atoms. The lowest BCUT2D eigenvalue weighted by Crippen LogP contribution is -2.33. The minimum Gasteiger partial charge on any atom is -0.504 e. The Bertz CT molecular complexity index is 862. The van der Waals surface area contributed by atoms with E-state index in [0.717, 1.165) is 42.2 Å². The Kier molecular flexibility index (Phi) is 4.64. The van der Waals surface area contributed by atoms with E-state index in [4.69, 9.17) is 14.2 Å². The second-order valence-corrected chi connectivity index (χ2v) is 7.85. The Morgan fingerprint density at radius 2 is 2.04 bits per heavy atom. The number of likely N-dealkylation sites (N-methyl/N-ethyl adjacent to an activating group) is 1. The lowest BCUT2D eigenvalue weighted by Gasteiger charge is -2.34. The topological polar surface area (TPSA) is 51.2 Å². The fraction of sp³-hybridized carbons (Fsp3) is 0.455. The summed E-state index contributed by atoms with van der Waals surface area (Å²) in [5, 5.41) is 10.2. The first kappa shape index (κ1) is 18.0. The van der Waals surface area contributed by atoms with E-state index in [9.17, 15) is 5.11 Å². The number of methoxy groups -OCH3 is 1. The molecule has 0 bridgehead atoms. The number of hydrogen-bond acceptors (Lipinski definition) is 5. The van der Waals surface area contributed by atoms with Crippen molar-refractivity contribution in [2.45, 2.75) is 32.7 Å². The molecule has 2 heterocycles. The second-order valence-electron chi connectivity index (χ2n) is 7.85. The van der Waals surface area contributed by atoms with Crippen molar-refractivity contribution in [3.8, 4) is 28.7 Å². The molecule has 0 aliphatic carbocycles. The summed E-state index contributed by atoms with van der Waals surface area (Å²) < 4.78 is 17.8. The summed E-state index contributed by atoms with van der Waals surface area (Å²) in [7, 11) is 3.69. The molecule has 1 atom stereocenters. The van der Waals surface area contributed by atoms with Crippen molar-refractivity contribution < 1.29 is 19.3 Å². The van der Waals surface area contributed by atoms with Crippen molar-refractivity contribution in [2.75, 3.05) is 27.3 Å². The Morgan fingerprint density at radius 1 is 1.22 bits per heavy atom. The number of hydrogen-bond donors (Lipinski definition) is 1. The number of phenolic OH excluding ortho intramolecular Hbond substituents is 1. The van der Waals surface area contributed by atoms with E-state index >= 15 is 0 Å². The van der Waals surface area contributed by atoms with E-state index in [-0.39, 0.29) is 11.8 Å². The quantitative estimate of drug-likeness (QED) is 0.870. The molecule has 4 rings (SSSR count). The van der Waals surface area contributed by atoms with E-state index in [1.54, 1.807) is 19.2 Å². The molecule has 2 aromatic carbocycles. The number of rotatable bonds is 4. The van der Waals surface area contributed by atoms with E-state index in [2.05, 4.69) is 31.9 Å². The van der Waals surface area contributed by atoms with Gasteiger partial charge in [0.05, 0.1) is 13.7 Å². The highest BCUT2D eigenvalue weighted by Crippen LogP contribution is 2.50. The summed E-state index contributed by atoms with van der Waals surface area (Å²) in [6.45, 7) is 5.91. The van der Waals surface area contributed by atoms with Gasteiger partial charge in [0, 0.05) is 29.8 Å². The molecule has 1 unspecified atom stereocenters. The molecule has 5 nitrogen and oxygen atoms in total. The maximum absolute atomic E-state index is 10.2. The van der Waals surface area contributed by atoms with Crippen LogP contribution in [0, 0.1) is 5.92 Å². The number of aromatic hydroxyl groups is 1. The van der Waals surface area contributed by atoms with Crippen molar-refractivity contribution in [1.29, 1.82) is 0 Å². The minimum absolute atomic E-state index is 0.140. The number of ether oxygens (including phenoxy) is 3. The molecule has 144 valence electrons. The maximum atomic E-state index is 10.2. The zero-order valence-electron chi connectivity index (χ0n) is 16.4. The van der Waals surface area contributed by atoms with Crippen LogP contribution in [0.2, 0.25) is 0 Å². The van der Waals surface area contributed by atoms with Crippen molar-refractivity contribution in [2.24, 2.45) is 5.92 Å². The van der Waals surface area contributed by atoms with Crippen molar-refractivity contribution >= 4 is 0 Å². The van der Waals surface area contributed by atoms with Crippen LogP contribution in [0.25, 0.3) is 0 Å². The van der Waals surface area contributed by atoms with Gasteiger partial charge in [-0.15, -0.1) is 0 Å². The summed E-state index contributed by atoms with van der Waals surface area (Å²) in [5.41, 5.74) is 3.50. The van der Waals surface area contributed by atoms with E-state index in [1.807, 2.05) is 6.07 Å². The third-order valence-corrected chi connectivity index (χ3v) is 5.41. The molecule has 0 amide bonds. The highest BCUT2D eigenvalue weighted by molar-refractivity contribution is 5.60. The number of phenols is 1. The van der Waals surface area contributed by atoms with E-state index in [0.29, 0.717) is 18.3 Å². The fourth-order valence-electron chi connectivity index (χ4n) is 3.94. The van der Waals surface area contributed by atoms with Crippen LogP contribution in [0.15, 0.2) is 24.3 Å². The molecule has 0 radical (unpaired) electrons. The first-order valence-corrected chi connectivity index (χ1v) is 9.54. The van der Waals surface area contributed by atoms with Crippen LogP contribution in [-0.4, -0.2) is 37.3 Å². The average molecular weight is 369 g/mol. The van der Waals surface area contributed by atoms with E-state index < -0.39 is 0 Å². The maximum Gasteiger partial charge on any atom is 0.174 e. The lowest BCUT2D eigenvalue weighted by molar-refractivity contribution is 0.224. The SMILES string of the molecule is COc1cc2c(cc1O)CC1c3c(ccc(OCC(C)C)c3O2)CCN1C. The molecule has 0 aromatic heterocycles. The molecule has 0 spiro atoms. The highest BCUT2D eigenvalue weighted by Gasteiger charge is 2.34. The number of nitrogens with zero attached hydrogens (tertiary/aromatic N) is 1. The molecular weight excluding hydrogens is 342 g/mol. The predicted octanol–water partition coefficient (Wildman–Crippen LogP) is 4.31. The van der Waals surface area contributed by atoms with Gasteiger partial charge < -0.3 is 19.3 Å². The highest BCUT2D eigenvalue weighted by atomic mass is 16.5. The van der Waals surface area contributed by atoms with Crippen molar-refractivity contribution in [3.63, 3.8) is 0 Å². The van der Waals surface area contributed by atoms with Crippen LogP contribution in [0.3, 0.4) is 0 Å². The standard InChI is InChI=1S/C22H27NO4/c1-13(2)12-26-18-6-5-14-7-8-23(3)16-9-15-10-17(24)20(25-4)11-19(15)27-22(18)21(14)16/h5-6,10-11,13,16,24H,7-9,12H2,1-4H3. The van der Waals surface area contributed by atoms with Crippen LogP contribution in [0.4, 0.5) is 0 Å². The Hall–Kier alpha value is -2.40. The summed E-state index contributed by atoms with van der Waals surface area (Å²) >= 11 is 0. The molecule has 0 fully saturated rings. The summed E-state index contributed by atoms with van der Waals surface area (Å²) in [4.78, 5) is 2.36. The normalized spacial score (nSPS) is 18.3. The fourth-order valence-corrected chi connectivity index (χ4v) is 3.94. The third kappa shape index (κ3) is 3.21. The predicted molar refractivity (Wildman–Crippen MR) is 104 cm³/mol. The van der Waals surface area contributed by atoms with Crippen LogP contribution >= 0.6 is 0 Å². The molecule has 0 saturated heterocycles. The first-order valence-electron chi connectivity index (χ1n) is 9.54. The number of benzene rings is 2. The molecular formula is C22H27NO4. The molecule has 2 aromatic rings. The Labute approximate surface area is 160 Å². The van der Waals surface area contributed by atoms with Crippen LogP contribution < -0.4 is 14.2 Å². The van der Waals surface area contributed by atoms with Crippen molar-refractivity contribution in [3.05, 3.63) is 41.0 Å². The molecule has 2 aliphatic heterocycles. The van der Waals surface area contributed by atoms with Crippen LogP contribution in [0.1, 0.15) is 36.6 Å².